The number of carbonyl (C=O) groups is 3. The zero-order chi connectivity index (χ0) is 24.4. The lowest BCUT2D eigenvalue weighted by Gasteiger charge is -2.26. The summed E-state index contributed by atoms with van der Waals surface area (Å²) in [6, 6.07) is 12.6. The van der Waals surface area contributed by atoms with Crippen molar-refractivity contribution in [3.63, 3.8) is 0 Å². The van der Waals surface area contributed by atoms with Crippen molar-refractivity contribution in [2.45, 2.75) is 13.8 Å². The second-order valence-electron chi connectivity index (χ2n) is 7.28. The van der Waals surface area contributed by atoms with Gasteiger partial charge in [0.05, 0.1) is 28.9 Å². The summed E-state index contributed by atoms with van der Waals surface area (Å²) >= 11 is 12.0. The number of nitrogens with zero attached hydrogens (tertiary/aromatic N) is 1. The van der Waals surface area contributed by atoms with Gasteiger partial charge in [0.25, 0.3) is 11.8 Å². The first-order chi connectivity index (χ1) is 16.3. The predicted octanol–water partition coefficient (Wildman–Crippen LogP) is 5.61. The van der Waals surface area contributed by atoms with E-state index in [0.29, 0.717) is 30.3 Å². The minimum atomic E-state index is -0.882. The standard InChI is InChI=1S/C25H20Cl2N2O5/c1-3-33-16-8-5-14-6-10-22(34-4-2)18(17(14)12-16)13-19-23(30)28-25(32)29(24(19)31)15-7-9-20(26)21(27)11-15/h5-13H,3-4H2,1-2H3,(H,28,30,32)/b19-13+. The van der Waals surface area contributed by atoms with Crippen LogP contribution < -0.4 is 19.7 Å². The smallest absolute Gasteiger partial charge is 0.335 e. The van der Waals surface area contributed by atoms with Crippen LogP contribution in [0, 0.1) is 0 Å². The molecule has 0 aromatic heterocycles. The zero-order valence-electron chi connectivity index (χ0n) is 18.4. The van der Waals surface area contributed by atoms with Crippen LogP contribution in [0.5, 0.6) is 11.5 Å². The molecule has 0 atom stereocenters. The predicted molar refractivity (Wildman–Crippen MR) is 132 cm³/mol. The maximum Gasteiger partial charge on any atom is 0.335 e. The third-order valence-electron chi connectivity index (χ3n) is 5.16. The van der Waals surface area contributed by atoms with Gasteiger partial charge in [-0.05, 0) is 67.1 Å². The highest BCUT2D eigenvalue weighted by molar-refractivity contribution is 6.43. The highest BCUT2D eigenvalue weighted by Gasteiger charge is 2.37. The molecule has 0 aliphatic carbocycles. The Hall–Kier alpha value is -3.55. The molecule has 3 aromatic carbocycles. The number of barbiturate groups is 1. The van der Waals surface area contributed by atoms with Gasteiger partial charge in [0.15, 0.2) is 0 Å². The summed E-state index contributed by atoms with van der Waals surface area (Å²) in [5.74, 6) is -0.496. The number of carbonyl (C=O) groups excluding carboxylic acids is 3. The fraction of sp³-hybridized carbons (Fsp3) is 0.160. The van der Waals surface area contributed by atoms with Gasteiger partial charge < -0.3 is 9.47 Å². The zero-order valence-corrected chi connectivity index (χ0v) is 19.9. The second kappa shape index (κ2) is 9.75. The molecule has 0 saturated carbocycles. The summed E-state index contributed by atoms with van der Waals surface area (Å²) < 4.78 is 11.4. The molecule has 0 unspecified atom stereocenters. The largest absolute Gasteiger partial charge is 0.494 e. The molecule has 0 bridgehead atoms. The summed E-state index contributed by atoms with van der Waals surface area (Å²) in [6.45, 7) is 4.57. The topological polar surface area (TPSA) is 84.9 Å². The third kappa shape index (κ3) is 4.44. The maximum absolute atomic E-state index is 13.4. The molecular weight excluding hydrogens is 479 g/mol. The molecule has 0 radical (unpaired) electrons. The van der Waals surface area contributed by atoms with Crippen LogP contribution in [0.3, 0.4) is 0 Å². The molecule has 1 heterocycles. The van der Waals surface area contributed by atoms with Crippen LogP contribution in [0.2, 0.25) is 10.0 Å². The molecule has 3 aromatic rings. The van der Waals surface area contributed by atoms with Crippen molar-refractivity contribution >= 4 is 63.6 Å². The Kier molecular flexibility index (Phi) is 6.77. The van der Waals surface area contributed by atoms with Gasteiger partial charge in [0.1, 0.15) is 17.1 Å². The van der Waals surface area contributed by atoms with Gasteiger partial charge in [-0.15, -0.1) is 0 Å². The van der Waals surface area contributed by atoms with Gasteiger partial charge in [-0.1, -0.05) is 35.3 Å². The van der Waals surface area contributed by atoms with Crippen molar-refractivity contribution in [2.24, 2.45) is 0 Å². The number of rotatable bonds is 6. The van der Waals surface area contributed by atoms with Gasteiger partial charge in [0.2, 0.25) is 0 Å². The van der Waals surface area contributed by atoms with Crippen LogP contribution in [-0.2, 0) is 9.59 Å². The maximum atomic E-state index is 13.4. The summed E-state index contributed by atoms with van der Waals surface area (Å²) in [5.41, 5.74) is 0.459. The highest BCUT2D eigenvalue weighted by atomic mass is 35.5. The lowest BCUT2D eigenvalue weighted by Crippen LogP contribution is -2.54. The molecule has 1 aliphatic heterocycles. The molecule has 4 amide bonds. The third-order valence-corrected chi connectivity index (χ3v) is 5.90. The fourth-order valence-corrected chi connectivity index (χ4v) is 3.94. The van der Waals surface area contributed by atoms with E-state index in [1.807, 2.05) is 38.1 Å². The number of urea groups is 1. The number of amides is 4. The number of halogens is 2. The van der Waals surface area contributed by atoms with E-state index in [2.05, 4.69) is 5.32 Å². The summed E-state index contributed by atoms with van der Waals surface area (Å²) in [4.78, 5) is 39.5. The van der Waals surface area contributed by atoms with Gasteiger partial charge >= 0.3 is 6.03 Å². The van der Waals surface area contributed by atoms with E-state index in [0.717, 1.165) is 15.7 Å². The van der Waals surface area contributed by atoms with Crippen molar-refractivity contribution in [1.82, 2.24) is 5.32 Å². The SMILES string of the molecule is CCOc1ccc2ccc(OCC)c(/C=C3\C(=O)NC(=O)N(c4ccc(Cl)c(Cl)c4)C3=O)c2c1. The lowest BCUT2D eigenvalue weighted by atomic mass is 9.99. The Morgan fingerprint density at radius 1 is 0.912 bits per heavy atom. The van der Waals surface area contributed by atoms with E-state index >= 15 is 0 Å². The molecule has 1 fully saturated rings. The van der Waals surface area contributed by atoms with Crippen molar-refractivity contribution < 1.29 is 23.9 Å². The number of benzene rings is 3. The van der Waals surface area contributed by atoms with Crippen LogP contribution in [0.4, 0.5) is 10.5 Å². The molecule has 7 nitrogen and oxygen atoms in total. The number of hydrogen-bond donors (Lipinski definition) is 1. The number of ether oxygens (including phenoxy) is 2. The normalized spacial score (nSPS) is 15.1. The summed E-state index contributed by atoms with van der Waals surface area (Å²) in [7, 11) is 0. The Morgan fingerprint density at radius 3 is 2.35 bits per heavy atom. The van der Waals surface area contributed by atoms with Gasteiger partial charge in [-0.3, -0.25) is 14.9 Å². The van der Waals surface area contributed by atoms with Crippen LogP contribution in [0.15, 0.2) is 54.1 Å². The minimum absolute atomic E-state index is 0.165. The first-order valence-corrected chi connectivity index (χ1v) is 11.3. The van der Waals surface area contributed by atoms with E-state index in [1.165, 1.54) is 24.3 Å². The first kappa shape index (κ1) is 23.6. The van der Waals surface area contributed by atoms with E-state index in [4.69, 9.17) is 32.7 Å². The highest BCUT2D eigenvalue weighted by Crippen LogP contribution is 2.34. The number of hydrogen-bond acceptors (Lipinski definition) is 5. The van der Waals surface area contributed by atoms with Crippen molar-refractivity contribution in [2.75, 3.05) is 18.1 Å². The Bertz CT molecular complexity index is 1350. The fourth-order valence-electron chi connectivity index (χ4n) is 3.65. The summed E-state index contributed by atoms with van der Waals surface area (Å²) in [5, 5.41) is 4.23. The number of nitrogens with one attached hydrogen (secondary N) is 1. The van der Waals surface area contributed by atoms with Crippen molar-refractivity contribution in [1.29, 1.82) is 0 Å². The summed E-state index contributed by atoms with van der Waals surface area (Å²) in [6.07, 6.45) is 1.43. The first-order valence-electron chi connectivity index (χ1n) is 10.5. The van der Waals surface area contributed by atoms with Crippen LogP contribution in [-0.4, -0.2) is 31.1 Å². The van der Waals surface area contributed by atoms with Crippen molar-refractivity contribution in [3.8, 4) is 11.5 Å². The van der Waals surface area contributed by atoms with Gasteiger partial charge in [-0.2, -0.15) is 0 Å². The Balaban J connectivity index is 1.88. The molecule has 0 spiro atoms. The van der Waals surface area contributed by atoms with Crippen molar-refractivity contribution in [3.05, 3.63) is 69.7 Å². The molecule has 1 aliphatic rings. The minimum Gasteiger partial charge on any atom is -0.494 e. The lowest BCUT2D eigenvalue weighted by molar-refractivity contribution is -0.122. The average Bonchev–Trinajstić information content (AvgIpc) is 2.80. The van der Waals surface area contributed by atoms with E-state index in [9.17, 15) is 14.4 Å². The molecule has 1 saturated heterocycles. The van der Waals surface area contributed by atoms with Crippen LogP contribution in [0.25, 0.3) is 16.8 Å². The van der Waals surface area contributed by atoms with E-state index < -0.39 is 17.8 Å². The average molecular weight is 499 g/mol. The number of anilines is 1. The van der Waals surface area contributed by atoms with E-state index in [-0.39, 0.29) is 21.3 Å². The van der Waals surface area contributed by atoms with Gasteiger partial charge in [0, 0.05) is 5.56 Å². The Labute approximate surface area is 205 Å². The van der Waals surface area contributed by atoms with Gasteiger partial charge in [-0.25, -0.2) is 9.69 Å². The molecule has 9 heteroatoms. The molecule has 1 N–H and O–H groups in total. The number of fused-ring (bicyclic) bond motifs is 1. The number of imide groups is 2. The quantitative estimate of drug-likeness (QED) is 0.352. The molecule has 174 valence electrons. The Morgan fingerprint density at radius 2 is 1.65 bits per heavy atom. The molecule has 34 heavy (non-hydrogen) atoms. The van der Waals surface area contributed by atoms with Crippen LogP contribution in [0.1, 0.15) is 19.4 Å². The molecule has 4 rings (SSSR count). The van der Waals surface area contributed by atoms with Crippen LogP contribution >= 0.6 is 23.2 Å². The monoisotopic (exact) mass is 498 g/mol. The molecular formula is C25H20Cl2N2O5. The second-order valence-corrected chi connectivity index (χ2v) is 8.10. The van der Waals surface area contributed by atoms with E-state index in [1.54, 1.807) is 6.07 Å².